The summed E-state index contributed by atoms with van der Waals surface area (Å²) in [7, 11) is 0. The van der Waals surface area contributed by atoms with Crippen LogP contribution >= 0.6 is 27.5 Å². The van der Waals surface area contributed by atoms with Crippen LogP contribution in [0.3, 0.4) is 0 Å². The fourth-order valence-corrected chi connectivity index (χ4v) is 3.31. The second-order valence-electron chi connectivity index (χ2n) is 5.08. The summed E-state index contributed by atoms with van der Waals surface area (Å²) < 4.78 is 6.87. The largest absolute Gasteiger partial charge is 0.491 e. The van der Waals surface area contributed by atoms with Gasteiger partial charge in [0.1, 0.15) is 0 Å². The fourth-order valence-electron chi connectivity index (χ4n) is 2.32. The summed E-state index contributed by atoms with van der Waals surface area (Å²) in [4.78, 5) is 27.1. The minimum Gasteiger partial charge on any atom is -0.491 e. The van der Waals surface area contributed by atoms with Gasteiger partial charge in [-0.2, -0.15) is 5.10 Å². The zero-order valence-corrected chi connectivity index (χ0v) is 15.5. The first kappa shape index (κ1) is 17.4. The topological polar surface area (TPSA) is 76.5 Å². The third kappa shape index (κ3) is 3.52. The number of para-hydroxylation sites is 1. The third-order valence-electron chi connectivity index (χ3n) is 3.42. The Morgan fingerprint density at radius 3 is 2.80 bits per heavy atom. The van der Waals surface area contributed by atoms with E-state index in [1.807, 2.05) is 6.92 Å². The summed E-state index contributed by atoms with van der Waals surface area (Å²) in [6, 6.07) is 10.1. The van der Waals surface area contributed by atoms with E-state index in [1.54, 1.807) is 36.4 Å². The molecule has 1 aromatic heterocycles. The Labute approximate surface area is 155 Å². The number of hydrogen-bond acceptors (Lipinski definition) is 4. The molecule has 2 aromatic carbocycles. The number of nitrogens with zero attached hydrogens (tertiary/aromatic N) is 2. The first-order valence-corrected chi connectivity index (χ1v) is 8.58. The number of nitrogens with one attached hydrogen (secondary N) is 1. The van der Waals surface area contributed by atoms with E-state index in [2.05, 4.69) is 26.0 Å². The molecule has 0 amide bonds. The van der Waals surface area contributed by atoms with Crippen LogP contribution in [0.25, 0.3) is 10.9 Å². The van der Waals surface area contributed by atoms with Crippen LogP contribution in [0.5, 0.6) is 5.75 Å². The second-order valence-corrected chi connectivity index (χ2v) is 6.35. The molecule has 0 fully saturated rings. The molecule has 0 aliphatic rings. The zero-order chi connectivity index (χ0) is 18.0. The van der Waals surface area contributed by atoms with Crippen molar-refractivity contribution >= 4 is 44.6 Å². The maximum Gasteiger partial charge on any atom is 0.349 e. The number of fused-ring (bicyclic) bond motifs is 1. The predicted molar refractivity (Wildman–Crippen MR) is 102 cm³/mol. The van der Waals surface area contributed by atoms with Gasteiger partial charge in [0.05, 0.1) is 33.2 Å². The van der Waals surface area contributed by atoms with Crippen LogP contribution in [0.15, 0.2) is 55.6 Å². The summed E-state index contributed by atoms with van der Waals surface area (Å²) in [6.07, 6.45) is 1.39. The molecule has 8 heteroatoms. The molecule has 0 aliphatic heterocycles. The van der Waals surface area contributed by atoms with Crippen molar-refractivity contribution in [3.05, 3.63) is 72.3 Å². The number of benzene rings is 2. The van der Waals surface area contributed by atoms with Crippen molar-refractivity contribution in [2.24, 2.45) is 5.10 Å². The van der Waals surface area contributed by atoms with Crippen LogP contribution in [0.1, 0.15) is 12.5 Å². The van der Waals surface area contributed by atoms with Gasteiger partial charge in [-0.05, 0) is 52.7 Å². The van der Waals surface area contributed by atoms with Crippen LogP contribution in [0.2, 0.25) is 5.02 Å². The van der Waals surface area contributed by atoms with Gasteiger partial charge >= 0.3 is 5.69 Å². The van der Waals surface area contributed by atoms with Gasteiger partial charge in [-0.15, -0.1) is 4.68 Å². The molecule has 6 nitrogen and oxygen atoms in total. The first-order chi connectivity index (χ1) is 12.0. The van der Waals surface area contributed by atoms with E-state index in [0.717, 1.165) is 4.68 Å². The Morgan fingerprint density at radius 1 is 1.32 bits per heavy atom. The third-order valence-corrected chi connectivity index (χ3v) is 4.29. The molecule has 0 saturated heterocycles. The van der Waals surface area contributed by atoms with Gasteiger partial charge in [0.15, 0.2) is 5.75 Å². The van der Waals surface area contributed by atoms with Crippen LogP contribution in [-0.2, 0) is 0 Å². The molecular formula is C17H13BrClN3O3. The van der Waals surface area contributed by atoms with E-state index in [9.17, 15) is 9.59 Å². The highest BCUT2D eigenvalue weighted by molar-refractivity contribution is 9.10. The maximum absolute atomic E-state index is 12.4. The molecule has 1 heterocycles. The standard InChI is InChI=1S/C17H13BrClN3O3/c1-2-25-15-12(18)7-10(8-13(15)19)9-20-22-16(23)11-5-3-4-6-14(11)21-17(22)24/h3-9H,2H2,1H3,(H,21,24). The number of rotatable bonds is 4. The lowest BCUT2D eigenvalue weighted by atomic mass is 10.2. The van der Waals surface area contributed by atoms with E-state index in [0.29, 0.717) is 38.3 Å². The summed E-state index contributed by atoms with van der Waals surface area (Å²) in [5.41, 5.74) is -0.0293. The highest BCUT2D eigenvalue weighted by Crippen LogP contribution is 2.34. The number of aromatic nitrogens is 2. The smallest absolute Gasteiger partial charge is 0.349 e. The number of ether oxygens (including phenoxy) is 1. The number of aromatic amines is 1. The molecule has 0 bridgehead atoms. The minimum atomic E-state index is -0.615. The average Bonchev–Trinajstić information content (AvgIpc) is 2.58. The molecule has 0 saturated carbocycles. The molecule has 0 spiro atoms. The average molecular weight is 423 g/mol. The van der Waals surface area contributed by atoms with E-state index in [1.165, 1.54) is 6.21 Å². The van der Waals surface area contributed by atoms with Gasteiger partial charge in [-0.25, -0.2) is 4.79 Å². The molecule has 0 atom stereocenters. The van der Waals surface area contributed by atoms with Crippen LogP contribution in [0.4, 0.5) is 0 Å². The van der Waals surface area contributed by atoms with Crippen LogP contribution in [0, 0.1) is 0 Å². The summed E-state index contributed by atoms with van der Waals surface area (Å²) in [6.45, 7) is 2.34. The van der Waals surface area contributed by atoms with Gasteiger partial charge < -0.3 is 9.72 Å². The van der Waals surface area contributed by atoms with Crippen LogP contribution < -0.4 is 16.0 Å². The first-order valence-electron chi connectivity index (χ1n) is 7.41. The summed E-state index contributed by atoms with van der Waals surface area (Å²) >= 11 is 9.56. The molecule has 128 valence electrons. The van der Waals surface area contributed by atoms with Crippen molar-refractivity contribution in [1.29, 1.82) is 0 Å². The fraction of sp³-hybridized carbons (Fsp3) is 0.118. The Balaban J connectivity index is 2.05. The Bertz CT molecular complexity index is 1070. The highest BCUT2D eigenvalue weighted by atomic mass is 79.9. The van der Waals surface area contributed by atoms with E-state index in [-0.39, 0.29) is 0 Å². The molecule has 3 aromatic rings. The summed E-state index contributed by atoms with van der Waals surface area (Å²) in [5, 5.41) is 4.78. The van der Waals surface area contributed by atoms with Gasteiger partial charge in [0.25, 0.3) is 5.56 Å². The zero-order valence-electron chi connectivity index (χ0n) is 13.1. The molecule has 3 rings (SSSR count). The summed E-state index contributed by atoms with van der Waals surface area (Å²) in [5.74, 6) is 0.530. The molecule has 0 aliphatic carbocycles. The molecular weight excluding hydrogens is 410 g/mol. The lowest BCUT2D eigenvalue weighted by molar-refractivity contribution is 0.338. The number of halogens is 2. The van der Waals surface area contributed by atoms with Gasteiger partial charge in [0, 0.05) is 0 Å². The Hall–Kier alpha value is -2.38. The lowest BCUT2D eigenvalue weighted by Gasteiger charge is -2.08. The number of H-pyrrole nitrogens is 1. The van der Waals surface area contributed by atoms with Crippen molar-refractivity contribution in [2.75, 3.05) is 6.61 Å². The van der Waals surface area contributed by atoms with E-state index >= 15 is 0 Å². The SMILES string of the molecule is CCOc1c(Cl)cc(C=Nn2c(=O)[nH]c3ccccc3c2=O)cc1Br. The number of hydrogen-bond donors (Lipinski definition) is 1. The Morgan fingerprint density at radius 2 is 2.08 bits per heavy atom. The second kappa shape index (κ2) is 7.25. The van der Waals surface area contributed by atoms with Crippen molar-refractivity contribution < 1.29 is 4.74 Å². The molecule has 1 N–H and O–H groups in total. The predicted octanol–water partition coefficient (Wildman–Crippen LogP) is 3.39. The van der Waals surface area contributed by atoms with E-state index in [4.69, 9.17) is 16.3 Å². The Kier molecular flexibility index (Phi) is 5.06. The van der Waals surface area contributed by atoms with Crippen LogP contribution in [-0.4, -0.2) is 22.5 Å². The van der Waals surface area contributed by atoms with Crippen molar-refractivity contribution in [3.63, 3.8) is 0 Å². The minimum absolute atomic E-state index is 0.380. The molecule has 0 radical (unpaired) electrons. The van der Waals surface area contributed by atoms with Crippen molar-refractivity contribution in [2.45, 2.75) is 6.92 Å². The normalized spacial score (nSPS) is 11.3. The monoisotopic (exact) mass is 421 g/mol. The maximum atomic E-state index is 12.4. The van der Waals surface area contributed by atoms with Crippen molar-refractivity contribution in [1.82, 2.24) is 9.66 Å². The lowest BCUT2D eigenvalue weighted by Crippen LogP contribution is -2.32. The molecule has 25 heavy (non-hydrogen) atoms. The van der Waals surface area contributed by atoms with Gasteiger partial charge in [0.2, 0.25) is 0 Å². The van der Waals surface area contributed by atoms with E-state index < -0.39 is 11.2 Å². The molecule has 0 unspecified atom stereocenters. The van der Waals surface area contributed by atoms with Crippen molar-refractivity contribution in [3.8, 4) is 5.75 Å². The highest BCUT2D eigenvalue weighted by Gasteiger charge is 2.09. The van der Waals surface area contributed by atoms with Gasteiger partial charge in [-0.3, -0.25) is 4.79 Å². The van der Waals surface area contributed by atoms with Gasteiger partial charge in [-0.1, -0.05) is 23.7 Å². The quantitative estimate of drug-likeness (QED) is 0.655.